The minimum atomic E-state index is -0.268. The van der Waals surface area contributed by atoms with Crippen LogP contribution in [0, 0.1) is 12.8 Å². The van der Waals surface area contributed by atoms with Crippen LogP contribution in [0.3, 0.4) is 0 Å². The molecule has 0 radical (unpaired) electrons. The largest absolute Gasteiger partial charge is 0.343 e. The van der Waals surface area contributed by atoms with E-state index in [0.29, 0.717) is 25.9 Å². The number of carbonyl (C=O) groups is 2. The normalized spacial score (nSPS) is 16.2. The van der Waals surface area contributed by atoms with Gasteiger partial charge in [0.25, 0.3) is 0 Å². The predicted molar refractivity (Wildman–Crippen MR) is 100 cm³/mol. The maximum absolute atomic E-state index is 12.9. The van der Waals surface area contributed by atoms with Crippen LogP contribution in [0.2, 0.25) is 0 Å². The summed E-state index contributed by atoms with van der Waals surface area (Å²) in [5.41, 5.74) is 3.01. The van der Waals surface area contributed by atoms with Crippen LogP contribution in [-0.4, -0.2) is 34.8 Å². The van der Waals surface area contributed by atoms with E-state index in [-0.39, 0.29) is 23.8 Å². The van der Waals surface area contributed by atoms with Crippen molar-refractivity contribution < 1.29 is 9.59 Å². The van der Waals surface area contributed by atoms with Crippen LogP contribution in [0.15, 0.2) is 48.7 Å². The molecule has 1 saturated heterocycles. The summed E-state index contributed by atoms with van der Waals surface area (Å²) in [5.74, 6) is 0.0445. The molecule has 136 valence electrons. The molecule has 2 aromatic rings. The number of likely N-dealkylation sites (tertiary alicyclic amines) is 1. The number of hydrogen-bond acceptors (Lipinski definition) is 3. The molecule has 1 atom stereocenters. The highest BCUT2D eigenvalue weighted by atomic mass is 16.2. The summed E-state index contributed by atoms with van der Waals surface area (Å²) in [6.45, 7) is 4.91. The molecule has 0 spiro atoms. The van der Waals surface area contributed by atoms with Crippen molar-refractivity contribution in [2.75, 3.05) is 13.1 Å². The first-order valence-electron chi connectivity index (χ1n) is 9.08. The van der Waals surface area contributed by atoms with Gasteiger partial charge in [0.15, 0.2) is 0 Å². The Morgan fingerprint density at radius 1 is 1.12 bits per heavy atom. The van der Waals surface area contributed by atoms with Gasteiger partial charge in [0.05, 0.1) is 11.7 Å². The number of piperidine rings is 1. The third kappa shape index (κ3) is 4.10. The molecule has 1 fully saturated rings. The number of pyridine rings is 1. The molecule has 5 nitrogen and oxygen atoms in total. The Morgan fingerprint density at radius 3 is 2.42 bits per heavy atom. The summed E-state index contributed by atoms with van der Waals surface area (Å²) >= 11 is 0. The zero-order valence-electron chi connectivity index (χ0n) is 15.3. The van der Waals surface area contributed by atoms with E-state index >= 15 is 0 Å². The second-order valence-corrected chi connectivity index (χ2v) is 6.83. The lowest BCUT2D eigenvalue weighted by molar-refractivity contribution is -0.134. The number of benzene rings is 1. The molecule has 1 aliphatic rings. The number of amides is 2. The van der Waals surface area contributed by atoms with Crippen LogP contribution >= 0.6 is 0 Å². The van der Waals surface area contributed by atoms with E-state index < -0.39 is 0 Å². The summed E-state index contributed by atoms with van der Waals surface area (Å²) in [6.07, 6.45) is 3.15. The lowest BCUT2D eigenvalue weighted by atomic mass is 9.93. The Kier molecular flexibility index (Phi) is 5.66. The van der Waals surface area contributed by atoms with Crippen molar-refractivity contribution in [1.82, 2.24) is 15.2 Å². The van der Waals surface area contributed by atoms with Crippen LogP contribution in [0.1, 0.15) is 42.6 Å². The van der Waals surface area contributed by atoms with Crippen LogP contribution in [0.4, 0.5) is 0 Å². The van der Waals surface area contributed by atoms with Crippen molar-refractivity contribution in [3.63, 3.8) is 0 Å². The van der Waals surface area contributed by atoms with Crippen LogP contribution in [-0.2, 0) is 9.59 Å². The zero-order valence-corrected chi connectivity index (χ0v) is 15.3. The highest BCUT2D eigenvalue weighted by molar-refractivity contribution is 5.80. The minimum Gasteiger partial charge on any atom is -0.343 e. The summed E-state index contributed by atoms with van der Waals surface area (Å²) in [5, 5.41) is 3.20. The smallest absolute Gasteiger partial charge is 0.224 e. The number of aromatic nitrogens is 1. The van der Waals surface area contributed by atoms with E-state index in [0.717, 1.165) is 16.8 Å². The standard InChI is InChI=1S/C21H25N3O2/c1-15-7-3-4-8-18(15)20(19-9-5-6-12-22-19)23-21(26)17-10-13-24(14-11-17)16(2)25/h3-9,12,17,20H,10-11,13-14H2,1-2H3,(H,23,26). The van der Waals surface area contributed by atoms with E-state index in [1.165, 1.54) is 0 Å². The lowest BCUT2D eigenvalue weighted by Crippen LogP contribution is -2.43. The van der Waals surface area contributed by atoms with Gasteiger partial charge in [-0.15, -0.1) is 0 Å². The molecular weight excluding hydrogens is 326 g/mol. The van der Waals surface area contributed by atoms with Gasteiger partial charge in [-0.2, -0.15) is 0 Å². The molecule has 26 heavy (non-hydrogen) atoms. The van der Waals surface area contributed by atoms with Crippen molar-refractivity contribution in [3.05, 3.63) is 65.5 Å². The first-order valence-corrected chi connectivity index (χ1v) is 9.08. The van der Waals surface area contributed by atoms with Gasteiger partial charge >= 0.3 is 0 Å². The molecule has 2 amide bonds. The van der Waals surface area contributed by atoms with Crippen molar-refractivity contribution in [2.24, 2.45) is 5.92 Å². The average Bonchev–Trinajstić information content (AvgIpc) is 2.67. The van der Waals surface area contributed by atoms with E-state index in [9.17, 15) is 9.59 Å². The molecular formula is C21H25N3O2. The van der Waals surface area contributed by atoms with Gasteiger partial charge in [-0.3, -0.25) is 14.6 Å². The summed E-state index contributed by atoms with van der Waals surface area (Å²) < 4.78 is 0. The number of aryl methyl sites for hydroxylation is 1. The Labute approximate surface area is 154 Å². The first kappa shape index (κ1) is 18.1. The fraction of sp³-hybridized carbons (Fsp3) is 0.381. The summed E-state index contributed by atoms with van der Waals surface area (Å²) in [7, 11) is 0. The van der Waals surface area contributed by atoms with Gasteiger partial charge in [0.1, 0.15) is 0 Å². The SMILES string of the molecule is CC(=O)N1CCC(C(=O)NC(c2ccccn2)c2ccccc2C)CC1. The molecule has 1 unspecified atom stereocenters. The third-order valence-electron chi connectivity index (χ3n) is 5.08. The van der Waals surface area contributed by atoms with E-state index in [1.54, 1.807) is 18.0 Å². The van der Waals surface area contributed by atoms with Gasteiger partial charge in [0, 0.05) is 32.1 Å². The number of carbonyl (C=O) groups excluding carboxylic acids is 2. The predicted octanol–water partition coefficient (Wildman–Crippen LogP) is 2.85. The summed E-state index contributed by atoms with van der Waals surface area (Å²) in [4.78, 5) is 30.6. The lowest BCUT2D eigenvalue weighted by Gasteiger charge is -2.31. The fourth-order valence-corrected chi connectivity index (χ4v) is 3.49. The minimum absolute atomic E-state index is 0.0344. The van der Waals surface area contributed by atoms with Crippen LogP contribution < -0.4 is 5.32 Å². The molecule has 5 heteroatoms. The maximum Gasteiger partial charge on any atom is 0.224 e. The number of nitrogens with zero attached hydrogens (tertiary/aromatic N) is 2. The Bertz CT molecular complexity index is 768. The van der Waals surface area contributed by atoms with Gasteiger partial charge in [-0.1, -0.05) is 30.3 Å². The number of hydrogen-bond donors (Lipinski definition) is 1. The Morgan fingerprint density at radius 2 is 1.81 bits per heavy atom. The van der Waals surface area contributed by atoms with Gasteiger partial charge in [-0.25, -0.2) is 0 Å². The molecule has 0 bridgehead atoms. The number of rotatable bonds is 4. The summed E-state index contributed by atoms with van der Waals surface area (Å²) in [6, 6.07) is 13.5. The Hall–Kier alpha value is -2.69. The van der Waals surface area contributed by atoms with Gasteiger partial charge in [-0.05, 0) is 43.0 Å². The van der Waals surface area contributed by atoms with Gasteiger partial charge in [0.2, 0.25) is 11.8 Å². The highest BCUT2D eigenvalue weighted by Crippen LogP contribution is 2.25. The first-order chi connectivity index (χ1) is 12.6. The van der Waals surface area contributed by atoms with Crippen LogP contribution in [0.5, 0.6) is 0 Å². The molecule has 2 heterocycles. The molecule has 1 aromatic carbocycles. The monoisotopic (exact) mass is 351 g/mol. The van der Waals surface area contributed by atoms with Crippen molar-refractivity contribution in [2.45, 2.75) is 32.7 Å². The van der Waals surface area contributed by atoms with E-state index in [4.69, 9.17) is 0 Å². The topological polar surface area (TPSA) is 62.3 Å². The molecule has 3 rings (SSSR count). The quantitative estimate of drug-likeness (QED) is 0.921. The van der Waals surface area contributed by atoms with Crippen molar-refractivity contribution in [1.29, 1.82) is 0 Å². The average molecular weight is 351 g/mol. The second-order valence-electron chi connectivity index (χ2n) is 6.83. The second kappa shape index (κ2) is 8.13. The third-order valence-corrected chi connectivity index (χ3v) is 5.08. The van der Waals surface area contributed by atoms with Crippen molar-refractivity contribution >= 4 is 11.8 Å². The highest BCUT2D eigenvalue weighted by Gasteiger charge is 2.28. The van der Waals surface area contributed by atoms with E-state index in [2.05, 4.69) is 10.3 Å². The zero-order chi connectivity index (χ0) is 18.5. The van der Waals surface area contributed by atoms with E-state index in [1.807, 2.05) is 49.4 Å². The number of nitrogens with one attached hydrogen (secondary N) is 1. The van der Waals surface area contributed by atoms with Gasteiger partial charge < -0.3 is 10.2 Å². The molecule has 1 N–H and O–H groups in total. The molecule has 0 saturated carbocycles. The Balaban J connectivity index is 1.78. The maximum atomic E-state index is 12.9. The molecule has 0 aliphatic carbocycles. The molecule has 1 aromatic heterocycles. The fourth-order valence-electron chi connectivity index (χ4n) is 3.49. The van der Waals surface area contributed by atoms with Crippen molar-refractivity contribution in [3.8, 4) is 0 Å². The van der Waals surface area contributed by atoms with Crippen LogP contribution in [0.25, 0.3) is 0 Å². The molecule has 1 aliphatic heterocycles.